The molecule has 2 saturated heterocycles. The number of esters is 1. The van der Waals surface area contributed by atoms with Crippen LogP contribution in [0.2, 0.25) is 0 Å². The molecule has 2 fully saturated rings. The molecule has 0 aliphatic carbocycles. The first-order chi connectivity index (χ1) is 21.9. The van der Waals surface area contributed by atoms with Crippen LogP contribution in [0.4, 0.5) is 0 Å². The Morgan fingerprint density at radius 1 is 0.826 bits per heavy atom. The standard InChI is InChI=1S/C31H40O15/c1-15-24(35)26(37)27(38)31(44-15)46-29-25(36)22(14-43-23(34)9-6-16-4-7-18(32)20(12-16)40-2)45-30(28(29)39)42-11-10-17-5-8-19(33)21(13-17)41-3/h4-9,12-13,15,22,24-33,35-39H,10-11,14H2,1-3H3/b9-6+. The number of hydrogen-bond acceptors (Lipinski definition) is 15. The summed E-state index contributed by atoms with van der Waals surface area (Å²) in [6, 6.07) is 9.17. The van der Waals surface area contributed by atoms with Crippen molar-refractivity contribution in [3.8, 4) is 23.0 Å². The lowest BCUT2D eigenvalue weighted by Crippen LogP contribution is -2.64. The van der Waals surface area contributed by atoms with Gasteiger partial charge in [-0.3, -0.25) is 0 Å². The Hall–Kier alpha value is -3.51. The summed E-state index contributed by atoms with van der Waals surface area (Å²) >= 11 is 0. The van der Waals surface area contributed by atoms with E-state index in [-0.39, 0.29) is 29.6 Å². The molecule has 0 bridgehead atoms. The highest BCUT2D eigenvalue weighted by molar-refractivity contribution is 5.87. The average Bonchev–Trinajstić information content (AvgIpc) is 3.05. The van der Waals surface area contributed by atoms with Gasteiger partial charge in [0.25, 0.3) is 0 Å². The number of aromatic hydroxyl groups is 2. The van der Waals surface area contributed by atoms with Gasteiger partial charge in [-0.15, -0.1) is 0 Å². The second-order valence-corrected chi connectivity index (χ2v) is 10.8. The van der Waals surface area contributed by atoms with E-state index in [2.05, 4.69) is 0 Å². The average molecular weight is 653 g/mol. The molecule has 15 nitrogen and oxygen atoms in total. The predicted octanol–water partition coefficient (Wildman–Crippen LogP) is -0.410. The molecule has 0 saturated carbocycles. The number of phenolic OH excluding ortho intramolecular Hbond substituents is 2. The summed E-state index contributed by atoms with van der Waals surface area (Å²) in [5.74, 6) is -0.451. The SMILES string of the molecule is COc1cc(/C=C/C(=O)OCC2OC(OCCc3ccc(O)c(OC)c3)C(O)C(OC3OC(C)C(O)C(O)C3O)C2O)ccc1O. The Morgan fingerprint density at radius 2 is 1.50 bits per heavy atom. The molecule has 0 aromatic heterocycles. The van der Waals surface area contributed by atoms with Gasteiger partial charge >= 0.3 is 5.97 Å². The van der Waals surface area contributed by atoms with Gasteiger partial charge in [-0.1, -0.05) is 12.1 Å². The topological polar surface area (TPSA) is 223 Å². The number of methoxy groups -OCH3 is 2. The molecule has 0 spiro atoms. The molecule has 10 unspecified atom stereocenters. The second-order valence-electron chi connectivity index (χ2n) is 10.8. The molecule has 7 N–H and O–H groups in total. The number of phenols is 2. The van der Waals surface area contributed by atoms with Gasteiger partial charge in [0.05, 0.1) is 26.9 Å². The molecule has 2 aromatic rings. The van der Waals surface area contributed by atoms with Gasteiger partial charge in [-0.25, -0.2) is 4.79 Å². The first-order valence-electron chi connectivity index (χ1n) is 14.5. The molecule has 15 heteroatoms. The van der Waals surface area contributed by atoms with E-state index >= 15 is 0 Å². The predicted molar refractivity (Wildman–Crippen MR) is 157 cm³/mol. The summed E-state index contributed by atoms with van der Waals surface area (Å²) < 4.78 is 38.2. The van der Waals surface area contributed by atoms with Crippen LogP contribution in [0.5, 0.6) is 23.0 Å². The third kappa shape index (κ3) is 8.44. The largest absolute Gasteiger partial charge is 0.504 e. The summed E-state index contributed by atoms with van der Waals surface area (Å²) in [4.78, 5) is 12.5. The third-order valence-electron chi connectivity index (χ3n) is 7.66. The summed E-state index contributed by atoms with van der Waals surface area (Å²) in [5, 5.41) is 72.5. The number of aliphatic hydroxyl groups is 5. The van der Waals surface area contributed by atoms with Gasteiger partial charge in [-0.2, -0.15) is 0 Å². The molecule has 2 aliphatic rings. The highest BCUT2D eigenvalue weighted by Gasteiger charge is 2.50. The zero-order valence-electron chi connectivity index (χ0n) is 25.4. The Kier molecular flexibility index (Phi) is 12.2. The van der Waals surface area contributed by atoms with E-state index in [0.717, 1.165) is 11.6 Å². The number of hydrogen-bond donors (Lipinski definition) is 7. The second kappa shape index (κ2) is 15.9. The molecule has 4 rings (SSSR count). The maximum absolute atomic E-state index is 12.5. The highest BCUT2D eigenvalue weighted by Crippen LogP contribution is 2.31. The van der Waals surface area contributed by atoms with Crippen LogP contribution in [0, 0.1) is 0 Å². The quantitative estimate of drug-likeness (QED) is 0.114. The minimum Gasteiger partial charge on any atom is -0.504 e. The van der Waals surface area contributed by atoms with Crippen molar-refractivity contribution < 1.29 is 73.7 Å². The van der Waals surface area contributed by atoms with Crippen molar-refractivity contribution in [2.45, 2.75) is 74.8 Å². The molecule has 0 radical (unpaired) electrons. The van der Waals surface area contributed by atoms with Gasteiger partial charge in [0.1, 0.15) is 49.3 Å². The molecule has 2 heterocycles. The molecule has 254 valence electrons. The van der Waals surface area contributed by atoms with Crippen molar-refractivity contribution in [1.82, 2.24) is 0 Å². The van der Waals surface area contributed by atoms with E-state index in [1.807, 2.05) is 0 Å². The highest BCUT2D eigenvalue weighted by atomic mass is 16.7. The zero-order chi connectivity index (χ0) is 33.5. The number of rotatable bonds is 12. The lowest BCUT2D eigenvalue weighted by Gasteiger charge is -2.45. The number of carbonyl (C=O) groups excluding carboxylic acids is 1. The molecule has 0 amide bonds. The summed E-state index contributed by atoms with van der Waals surface area (Å²) in [6.07, 6.45) is -11.9. The summed E-state index contributed by atoms with van der Waals surface area (Å²) in [6.45, 7) is 0.937. The van der Waals surface area contributed by atoms with Gasteiger partial charge in [0, 0.05) is 6.08 Å². The Bertz CT molecular complexity index is 1340. The maximum atomic E-state index is 12.5. The Labute approximate surface area is 264 Å². The zero-order valence-corrected chi connectivity index (χ0v) is 25.4. The molecule has 46 heavy (non-hydrogen) atoms. The van der Waals surface area contributed by atoms with Crippen molar-refractivity contribution in [2.75, 3.05) is 27.4 Å². The van der Waals surface area contributed by atoms with Crippen LogP contribution in [0.25, 0.3) is 6.08 Å². The minimum absolute atomic E-state index is 0.00565. The van der Waals surface area contributed by atoms with Gasteiger partial charge in [-0.05, 0) is 54.8 Å². The van der Waals surface area contributed by atoms with Crippen LogP contribution in [0.1, 0.15) is 18.1 Å². The van der Waals surface area contributed by atoms with Gasteiger partial charge in [0.15, 0.2) is 35.6 Å². The fourth-order valence-electron chi connectivity index (χ4n) is 4.96. The Morgan fingerprint density at radius 3 is 2.20 bits per heavy atom. The van der Waals surface area contributed by atoms with E-state index in [1.165, 1.54) is 45.4 Å². The Balaban J connectivity index is 1.45. The number of ether oxygens (including phenoxy) is 7. The summed E-state index contributed by atoms with van der Waals surface area (Å²) in [7, 11) is 2.79. The van der Waals surface area contributed by atoms with Crippen LogP contribution < -0.4 is 9.47 Å². The third-order valence-corrected chi connectivity index (χ3v) is 7.66. The van der Waals surface area contributed by atoms with E-state index < -0.39 is 74.0 Å². The van der Waals surface area contributed by atoms with Crippen molar-refractivity contribution in [2.24, 2.45) is 0 Å². The van der Waals surface area contributed by atoms with Crippen LogP contribution in [-0.4, -0.2) is 131 Å². The lowest BCUT2D eigenvalue weighted by atomic mass is 9.97. The van der Waals surface area contributed by atoms with Crippen molar-refractivity contribution in [3.05, 3.63) is 53.6 Å². The first kappa shape index (κ1) is 35.3. The first-order valence-corrected chi connectivity index (χ1v) is 14.5. The van der Waals surface area contributed by atoms with Gasteiger partial charge in [0.2, 0.25) is 0 Å². The van der Waals surface area contributed by atoms with Crippen LogP contribution in [0.3, 0.4) is 0 Å². The molecule has 10 atom stereocenters. The van der Waals surface area contributed by atoms with Crippen molar-refractivity contribution >= 4 is 12.0 Å². The van der Waals surface area contributed by atoms with E-state index in [4.69, 9.17) is 33.2 Å². The van der Waals surface area contributed by atoms with Crippen LogP contribution in [0.15, 0.2) is 42.5 Å². The fourth-order valence-corrected chi connectivity index (χ4v) is 4.96. The van der Waals surface area contributed by atoms with Crippen molar-refractivity contribution in [1.29, 1.82) is 0 Å². The van der Waals surface area contributed by atoms with Crippen molar-refractivity contribution in [3.63, 3.8) is 0 Å². The molecule has 2 aromatic carbocycles. The minimum atomic E-state index is -1.72. The smallest absolute Gasteiger partial charge is 0.330 e. The lowest BCUT2D eigenvalue weighted by molar-refractivity contribution is -0.357. The number of aliphatic hydroxyl groups excluding tert-OH is 5. The monoisotopic (exact) mass is 652 g/mol. The number of benzene rings is 2. The van der Waals surface area contributed by atoms with E-state index in [0.29, 0.717) is 12.0 Å². The molecule has 2 aliphatic heterocycles. The summed E-state index contributed by atoms with van der Waals surface area (Å²) in [5.41, 5.74) is 1.26. The molecular weight excluding hydrogens is 612 g/mol. The molecular formula is C31H40O15. The fraction of sp³-hybridized carbons (Fsp3) is 0.516. The van der Waals surface area contributed by atoms with Gasteiger partial charge < -0.3 is 68.9 Å². The number of carbonyl (C=O) groups is 1. The normalized spacial score (nSPS) is 31.5. The van der Waals surface area contributed by atoms with Crippen LogP contribution >= 0.6 is 0 Å². The maximum Gasteiger partial charge on any atom is 0.330 e. The van der Waals surface area contributed by atoms with E-state index in [1.54, 1.807) is 18.2 Å². The van der Waals surface area contributed by atoms with Crippen LogP contribution in [-0.2, 0) is 34.9 Å². The van der Waals surface area contributed by atoms with E-state index in [9.17, 15) is 40.5 Å².